The van der Waals surface area contributed by atoms with E-state index in [2.05, 4.69) is 31.3 Å². The molecule has 1 heterocycles. The summed E-state index contributed by atoms with van der Waals surface area (Å²) in [5, 5.41) is 4.52. The van der Waals surface area contributed by atoms with Crippen LogP contribution < -0.4 is 10.1 Å². The highest BCUT2D eigenvalue weighted by atomic mass is 35.5. The largest absolute Gasteiger partial charge is 0.493 e. The van der Waals surface area contributed by atoms with Gasteiger partial charge in [0.15, 0.2) is 0 Å². The molecule has 1 aliphatic heterocycles. The second-order valence-electron chi connectivity index (χ2n) is 7.21. The van der Waals surface area contributed by atoms with Crippen molar-refractivity contribution in [3.8, 4) is 5.75 Å². The lowest BCUT2D eigenvalue weighted by atomic mass is 9.65. The first kappa shape index (κ1) is 15.2. The number of hydrogen-bond acceptors (Lipinski definition) is 2. The van der Waals surface area contributed by atoms with Crippen molar-refractivity contribution in [2.24, 2.45) is 11.3 Å². The minimum atomic E-state index is 0.416. The van der Waals surface area contributed by atoms with Crippen LogP contribution in [-0.4, -0.2) is 19.7 Å². The standard InChI is InChI=1S/C18H26ClNO/c1-13(2)11-20-12-18(5-3-6-18)10-15-9-16(19)8-14-4-7-21-17(14)15/h8-9,13,20H,3-7,10-12H2,1-2H3. The van der Waals surface area contributed by atoms with Gasteiger partial charge in [0.2, 0.25) is 0 Å². The third-order valence-electron chi connectivity index (χ3n) is 4.86. The zero-order valence-electron chi connectivity index (χ0n) is 13.2. The molecule has 0 aromatic heterocycles. The summed E-state index contributed by atoms with van der Waals surface area (Å²) in [7, 11) is 0. The first-order valence-corrected chi connectivity index (χ1v) is 8.61. The lowest BCUT2D eigenvalue weighted by Gasteiger charge is -2.43. The molecule has 21 heavy (non-hydrogen) atoms. The highest BCUT2D eigenvalue weighted by Crippen LogP contribution is 2.46. The van der Waals surface area contributed by atoms with E-state index in [0.29, 0.717) is 11.3 Å². The fourth-order valence-electron chi connectivity index (χ4n) is 3.60. The molecule has 0 atom stereocenters. The number of nitrogens with one attached hydrogen (secondary N) is 1. The highest BCUT2D eigenvalue weighted by Gasteiger charge is 2.38. The molecular formula is C18H26ClNO. The van der Waals surface area contributed by atoms with Crippen LogP contribution in [0.4, 0.5) is 0 Å². The first-order chi connectivity index (χ1) is 10.1. The Hall–Kier alpha value is -0.730. The topological polar surface area (TPSA) is 21.3 Å². The molecule has 1 N–H and O–H groups in total. The second kappa shape index (κ2) is 6.18. The number of hydrogen-bond donors (Lipinski definition) is 1. The summed E-state index contributed by atoms with van der Waals surface area (Å²) in [4.78, 5) is 0. The van der Waals surface area contributed by atoms with Crippen molar-refractivity contribution in [3.05, 3.63) is 28.3 Å². The summed E-state index contributed by atoms with van der Waals surface area (Å²) in [6.07, 6.45) is 6.09. The summed E-state index contributed by atoms with van der Waals surface area (Å²) < 4.78 is 5.86. The Kier molecular flexibility index (Phi) is 4.46. The van der Waals surface area contributed by atoms with E-state index in [1.807, 2.05) is 0 Å². The molecule has 0 unspecified atom stereocenters. The molecule has 1 fully saturated rings. The van der Waals surface area contributed by atoms with E-state index in [-0.39, 0.29) is 0 Å². The van der Waals surface area contributed by atoms with Crippen molar-refractivity contribution in [3.63, 3.8) is 0 Å². The van der Waals surface area contributed by atoms with Gasteiger partial charge in [0.05, 0.1) is 6.61 Å². The van der Waals surface area contributed by atoms with Crippen LogP contribution in [0.3, 0.4) is 0 Å². The Morgan fingerprint density at radius 1 is 1.33 bits per heavy atom. The molecule has 0 radical (unpaired) electrons. The van der Waals surface area contributed by atoms with Crippen LogP contribution in [-0.2, 0) is 12.8 Å². The number of ether oxygens (including phenoxy) is 1. The van der Waals surface area contributed by atoms with Gasteiger partial charge in [0.25, 0.3) is 0 Å². The third kappa shape index (κ3) is 3.37. The summed E-state index contributed by atoms with van der Waals surface area (Å²) in [6, 6.07) is 4.19. The molecule has 116 valence electrons. The lowest BCUT2D eigenvalue weighted by Crippen LogP contribution is -2.42. The Labute approximate surface area is 133 Å². The molecule has 0 bridgehead atoms. The number of benzene rings is 1. The van der Waals surface area contributed by atoms with Gasteiger partial charge in [0.1, 0.15) is 5.75 Å². The maximum absolute atomic E-state index is 6.29. The summed E-state index contributed by atoms with van der Waals surface area (Å²) in [5.41, 5.74) is 3.03. The molecule has 3 rings (SSSR count). The fraction of sp³-hybridized carbons (Fsp3) is 0.667. The molecular weight excluding hydrogens is 282 g/mol. The van der Waals surface area contributed by atoms with Gasteiger partial charge in [-0.05, 0) is 60.4 Å². The Morgan fingerprint density at radius 2 is 2.14 bits per heavy atom. The molecule has 1 aromatic rings. The van der Waals surface area contributed by atoms with Crippen molar-refractivity contribution in [2.75, 3.05) is 19.7 Å². The minimum absolute atomic E-state index is 0.416. The van der Waals surface area contributed by atoms with Crippen LogP contribution in [0.15, 0.2) is 12.1 Å². The highest BCUT2D eigenvalue weighted by molar-refractivity contribution is 6.30. The van der Waals surface area contributed by atoms with E-state index in [1.54, 1.807) is 0 Å². The molecule has 3 heteroatoms. The van der Waals surface area contributed by atoms with Crippen LogP contribution in [0.5, 0.6) is 5.75 Å². The van der Waals surface area contributed by atoms with Crippen molar-refractivity contribution < 1.29 is 4.74 Å². The zero-order chi connectivity index (χ0) is 14.9. The molecule has 0 spiro atoms. The summed E-state index contributed by atoms with van der Waals surface area (Å²) >= 11 is 6.29. The zero-order valence-corrected chi connectivity index (χ0v) is 13.9. The smallest absolute Gasteiger partial charge is 0.125 e. The number of halogens is 1. The van der Waals surface area contributed by atoms with Crippen molar-refractivity contribution in [2.45, 2.75) is 46.0 Å². The number of fused-ring (bicyclic) bond motifs is 1. The van der Waals surface area contributed by atoms with Crippen molar-refractivity contribution in [1.82, 2.24) is 5.32 Å². The van der Waals surface area contributed by atoms with Crippen LogP contribution in [0.25, 0.3) is 0 Å². The molecule has 2 nitrogen and oxygen atoms in total. The molecule has 0 amide bonds. The maximum atomic E-state index is 6.29. The van der Waals surface area contributed by atoms with E-state index in [9.17, 15) is 0 Å². The second-order valence-corrected chi connectivity index (χ2v) is 7.64. The van der Waals surface area contributed by atoms with Gasteiger partial charge in [0, 0.05) is 18.0 Å². The van der Waals surface area contributed by atoms with Crippen molar-refractivity contribution in [1.29, 1.82) is 0 Å². The SMILES string of the molecule is CC(C)CNCC1(Cc2cc(Cl)cc3c2OCC3)CCC1. The fourth-order valence-corrected chi connectivity index (χ4v) is 3.86. The summed E-state index contributed by atoms with van der Waals surface area (Å²) in [5.74, 6) is 1.83. The average Bonchev–Trinajstić information content (AvgIpc) is 2.83. The van der Waals surface area contributed by atoms with Crippen LogP contribution >= 0.6 is 11.6 Å². The third-order valence-corrected chi connectivity index (χ3v) is 5.08. The monoisotopic (exact) mass is 307 g/mol. The van der Waals surface area contributed by atoms with Crippen LogP contribution in [0, 0.1) is 11.3 Å². The van der Waals surface area contributed by atoms with Gasteiger partial charge in [-0.1, -0.05) is 31.9 Å². The van der Waals surface area contributed by atoms with Crippen molar-refractivity contribution >= 4 is 11.6 Å². The van der Waals surface area contributed by atoms with Gasteiger partial charge in [-0.3, -0.25) is 0 Å². The Morgan fingerprint density at radius 3 is 2.81 bits per heavy atom. The average molecular weight is 308 g/mol. The number of rotatable bonds is 6. The van der Waals surface area contributed by atoms with Gasteiger partial charge >= 0.3 is 0 Å². The maximum Gasteiger partial charge on any atom is 0.125 e. The molecule has 1 aromatic carbocycles. The van der Waals surface area contributed by atoms with E-state index in [0.717, 1.165) is 43.3 Å². The van der Waals surface area contributed by atoms with Crippen LogP contribution in [0.2, 0.25) is 5.02 Å². The molecule has 2 aliphatic rings. The Balaban J connectivity index is 1.72. The van der Waals surface area contributed by atoms with E-state index >= 15 is 0 Å². The molecule has 1 aliphatic carbocycles. The van der Waals surface area contributed by atoms with E-state index in [4.69, 9.17) is 16.3 Å². The van der Waals surface area contributed by atoms with E-state index < -0.39 is 0 Å². The van der Waals surface area contributed by atoms with Gasteiger partial charge < -0.3 is 10.1 Å². The molecule has 1 saturated carbocycles. The quantitative estimate of drug-likeness (QED) is 0.849. The van der Waals surface area contributed by atoms with Gasteiger partial charge in [-0.2, -0.15) is 0 Å². The van der Waals surface area contributed by atoms with Gasteiger partial charge in [-0.25, -0.2) is 0 Å². The Bertz CT molecular complexity index is 508. The predicted molar refractivity (Wildman–Crippen MR) is 88.3 cm³/mol. The first-order valence-electron chi connectivity index (χ1n) is 8.23. The summed E-state index contributed by atoms with van der Waals surface area (Å²) in [6.45, 7) is 7.55. The minimum Gasteiger partial charge on any atom is -0.493 e. The predicted octanol–water partition coefficient (Wildman–Crippen LogP) is 4.23. The van der Waals surface area contributed by atoms with E-state index in [1.165, 1.54) is 30.4 Å². The van der Waals surface area contributed by atoms with Crippen LogP contribution in [0.1, 0.15) is 44.2 Å². The van der Waals surface area contributed by atoms with Gasteiger partial charge in [-0.15, -0.1) is 0 Å². The normalized spacial score (nSPS) is 19.2. The molecule has 0 saturated heterocycles. The lowest BCUT2D eigenvalue weighted by molar-refractivity contribution is 0.127.